The van der Waals surface area contributed by atoms with Crippen LogP contribution < -0.4 is 4.74 Å². The van der Waals surface area contributed by atoms with Crippen molar-refractivity contribution in [3.05, 3.63) is 35.1 Å². The first kappa shape index (κ1) is 17.0. The molecule has 0 spiro atoms. The standard InChI is InChI=1S/C16H14ClFN2O3S/c1-22-14(21)16(5-6-16)23-13-8-12(19-15(20-13)24-2)9-3-4-10(17)11(18)7-9/h3-4,7-8H,5-6H2,1-2H3. The van der Waals surface area contributed by atoms with Gasteiger partial charge in [0.2, 0.25) is 11.5 Å². The molecule has 0 saturated heterocycles. The Morgan fingerprint density at radius 1 is 1.33 bits per heavy atom. The van der Waals surface area contributed by atoms with E-state index >= 15 is 0 Å². The molecule has 0 aliphatic heterocycles. The summed E-state index contributed by atoms with van der Waals surface area (Å²) in [5.74, 6) is -0.706. The first-order valence-electron chi connectivity index (χ1n) is 7.13. The molecule has 1 aliphatic carbocycles. The fourth-order valence-electron chi connectivity index (χ4n) is 2.20. The van der Waals surface area contributed by atoms with Crippen LogP contribution in [0.15, 0.2) is 29.4 Å². The van der Waals surface area contributed by atoms with E-state index in [1.54, 1.807) is 12.1 Å². The summed E-state index contributed by atoms with van der Waals surface area (Å²) in [5.41, 5.74) is 0.0596. The van der Waals surface area contributed by atoms with E-state index in [1.165, 1.54) is 31.0 Å². The van der Waals surface area contributed by atoms with Gasteiger partial charge in [-0.1, -0.05) is 29.4 Å². The highest BCUT2D eigenvalue weighted by molar-refractivity contribution is 7.98. The van der Waals surface area contributed by atoms with E-state index in [1.807, 2.05) is 6.26 Å². The summed E-state index contributed by atoms with van der Waals surface area (Å²) >= 11 is 7.04. The maximum atomic E-state index is 13.7. The van der Waals surface area contributed by atoms with Crippen LogP contribution in [0, 0.1) is 5.82 Å². The topological polar surface area (TPSA) is 61.3 Å². The first-order valence-corrected chi connectivity index (χ1v) is 8.73. The number of esters is 1. The van der Waals surface area contributed by atoms with Gasteiger partial charge in [-0.3, -0.25) is 0 Å². The Hall–Kier alpha value is -1.86. The average molecular weight is 369 g/mol. The summed E-state index contributed by atoms with van der Waals surface area (Å²) in [6, 6.07) is 6.00. The van der Waals surface area contributed by atoms with E-state index in [-0.39, 0.29) is 10.9 Å². The van der Waals surface area contributed by atoms with Crippen molar-refractivity contribution in [1.29, 1.82) is 0 Å². The van der Waals surface area contributed by atoms with Gasteiger partial charge in [0, 0.05) is 24.5 Å². The Kier molecular flexibility index (Phi) is 4.64. The Morgan fingerprint density at radius 3 is 2.67 bits per heavy atom. The smallest absolute Gasteiger partial charge is 0.350 e. The fraction of sp³-hybridized carbons (Fsp3) is 0.312. The van der Waals surface area contributed by atoms with Crippen LogP contribution in [0.3, 0.4) is 0 Å². The number of halogens is 2. The zero-order valence-electron chi connectivity index (χ0n) is 13.0. The van der Waals surface area contributed by atoms with Crippen molar-refractivity contribution in [2.75, 3.05) is 13.4 Å². The van der Waals surface area contributed by atoms with E-state index in [4.69, 9.17) is 21.1 Å². The number of aromatic nitrogens is 2. The van der Waals surface area contributed by atoms with Crippen molar-refractivity contribution in [2.24, 2.45) is 0 Å². The van der Waals surface area contributed by atoms with Crippen molar-refractivity contribution >= 4 is 29.3 Å². The van der Waals surface area contributed by atoms with Crippen LogP contribution >= 0.6 is 23.4 Å². The second-order valence-corrected chi connectivity index (χ2v) is 6.48. The Bertz CT molecular complexity index is 799. The lowest BCUT2D eigenvalue weighted by atomic mass is 10.1. The SMILES string of the molecule is COC(=O)C1(Oc2cc(-c3ccc(Cl)c(F)c3)nc(SC)n2)CC1. The van der Waals surface area contributed by atoms with Gasteiger partial charge in [0.15, 0.2) is 5.16 Å². The average Bonchev–Trinajstić information content (AvgIpc) is 3.36. The Balaban J connectivity index is 1.96. The van der Waals surface area contributed by atoms with E-state index in [9.17, 15) is 9.18 Å². The van der Waals surface area contributed by atoms with E-state index in [0.29, 0.717) is 29.3 Å². The highest BCUT2D eigenvalue weighted by Gasteiger charge is 2.54. The van der Waals surface area contributed by atoms with Gasteiger partial charge in [-0.25, -0.2) is 14.2 Å². The summed E-state index contributed by atoms with van der Waals surface area (Å²) in [6.45, 7) is 0. The molecule has 0 atom stereocenters. The van der Waals surface area contributed by atoms with Crippen LogP contribution in [-0.4, -0.2) is 34.9 Å². The molecule has 1 fully saturated rings. The van der Waals surface area contributed by atoms with Gasteiger partial charge in [-0.05, 0) is 18.4 Å². The van der Waals surface area contributed by atoms with Gasteiger partial charge in [-0.2, -0.15) is 4.98 Å². The quantitative estimate of drug-likeness (QED) is 0.455. The molecule has 0 N–H and O–H groups in total. The monoisotopic (exact) mass is 368 g/mol. The number of benzene rings is 1. The largest absolute Gasteiger partial charge is 0.466 e. The summed E-state index contributed by atoms with van der Waals surface area (Å²) in [5, 5.41) is 0.496. The van der Waals surface area contributed by atoms with E-state index in [0.717, 1.165) is 0 Å². The van der Waals surface area contributed by atoms with E-state index < -0.39 is 17.4 Å². The second-order valence-electron chi connectivity index (χ2n) is 5.29. The molecule has 1 aliphatic rings. The zero-order chi connectivity index (χ0) is 17.3. The molecule has 0 amide bonds. The molecular formula is C16H14ClFN2O3S. The minimum absolute atomic E-state index is 0.0389. The van der Waals surface area contributed by atoms with Gasteiger partial charge in [0.1, 0.15) is 5.82 Å². The molecule has 1 aromatic carbocycles. The molecule has 2 aromatic rings. The number of ether oxygens (including phenoxy) is 2. The number of methoxy groups -OCH3 is 1. The lowest BCUT2D eigenvalue weighted by Crippen LogP contribution is -2.31. The number of thioether (sulfide) groups is 1. The third kappa shape index (κ3) is 3.32. The number of nitrogens with zero attached hydrogens (tertiary/aromatic N) is 2. The van der Waals surface area contributed by atoms with Gasteiger partial charge < -0.3 is 9.47 Å². The third-order valence-electron chi connectivity index (χ3n) is 3.64. The molecule has 3 rings (SSSR count). The minimum Gasteiger partial charge on any atom is -0.466 e. The maximum Gasteiger partial charge on any atom is 0.350 e. The summed E-state index contributed by atoms with van der Waals surface area (Å²) < 4.78 is 24.2. The van der Waals surface area contributed by atoms with Gasteiger partial charge in [0.25, 0.3) is 0 Å². The van der Waals surface area contributed by atoms with Gasteiger partial charge in [0.05, 0.1) is 17.8 Å². The molecule has 0 bridgehead atoms. The highest BCUT2D eigenvalue weighted by Crippen LogP contribution is 2.41. The van der Waals surface area contributed by atoms with Crippen LogP contribution in [0.25, 0.3) is 11.3 Å². The molecule has 24 heavy (non-hydrogen) atoms. The van der Waals surface area contributed by atoms with Crippen molar-refractivity contribution < 1.29 is 18.7 Å². The molecule has 1 heterocycles. The fourth-order valence-corrected chi connectivity index (χ4v) is 2.69. The lowest BCUT2D eigenvalue weighted by molar-refractivity contribution is -0.151. The van der Waals surface area contributed by atoms with Crippen molar-refractivity contribution in [3.63, 3.8) is 0 Å². The number of rotatable bonds is 5. The normalized spacial score (nSPS) is 15.0. The predicted molar refractivity (Wildman–Crippen MR) is 88.8 cm³/mol. The summed E-state index contributed by atoms with van der Waals surface area (Å²) in [7, 11) is 1.32. The number of hydrogen-bond acceptors (Lipinski definition) is 6. The highest BCUT2D eigenvalue weighted by atomic mass is 35.5. The third-order valence-corrected chi connectivity index (χ3v) is 4.50. The van der Waals surface area contributed by atoms with Crippen LogP contribution in [0.5, 0.6) is 5.88 Å². The van der Waals surface area contributed by atoms with Crippen LogP contribution in [-0.2, 0) is 9.53 Å². The second kappa shape index (κ2) is 6.57. The van der Waals surface area contributed by atoms with Crippen LogP contribution in [0.1, 0.15) is 12.8 Å². The Labute approximate surface area is 147 Å². The molecule has 5 nitrogen and oxygen atoms in total. The molecule has 1 saturated carbocycles. The van der Waals surface area contributed by atoms with Crippen LogP contribution in [0.4, 0.5) is 4.39 Å². The lowest BCUT2D eigenvalue weighted by Gasteiger charge is -2.15. The molecule has 126 valence electrons. The molecule has 1 aromatic heterocycles. The van der Waals surface area contributed by atoms with E-state index in [2.05, 4.69) is 9.97 Å². The van der Waals surface area contributed by atoms with Crippen molar-refractivity contribution in [1.82, 2.24) is 9.97 Å². The minimum atomic E-state index is -0.971. The number of hydrogen-bond donors (Lipinski definition) is 0. The van der Waals surface area contributed by atoms with Crippen molar-refractivity contribution in [2.45, 2.75) is 23.6 Å². The first-order chi connectivity index (χ1) is 11.5. The summed E-state index contributed by atoms with van der Waals surface area (Å²) in [6.07, 6.45) is 2.96. The Morgan fingerprint density at radius 2 is 2.08 bits per heavy atom. The maximum absolute atomic E-state index is 13.7. The van der Waals surface area contributed by atoms with Crippen molar-refractivity contribution in [3.8, 4) is 17.1 Å². The number of carbonyl (C=O) groups is 1. The van der Waals surface area contributed by atoms with Gasteiger partial charge in [-0.15, -0.1) is 0 Å². The zero-order valence-corrected chi connectivity index (χ0v) is 14.6. The molecule has 8 heteroatoms. The molecular weight excluding hydrogens is 355 g/mol. The van der Waals surface area contributed by atoms with Crippen LogP contribution in [0.2, 0.25) is 5.02 Å². The predicted octanol–water partition coefficient (Wildman–Crippen LogP) is 3.74. The number of carbonyl (C=O) groups excluding carboxylic acids is 1. The van der Waals surface area contributed by atoms with Gasteiger partial charge >= 0.3 is 5.97 Å². The molecule has 0 unspecified atom stereocenters. The summed E-state index contributed by atoms with van der Waals surface area (Å²) in [4.78, 5) is 20.4. The molecule has 0 radical (unpaired) electrons.